The summed E-state index contributed by atoms with van der Waals surface area (Å²) < 4.78 is 0. The zero-order valence-corrected chi connectivity index (χ0v) is 23.4. The molecule has 3 saturated carbocycles. The summed E-state index contributed by atoms with van der Waals surface area (Å²) in [5.41, 5.74) is 2.43. The first-order valence-corrected chi connectivity index (χ1v) is 15.1. The largest absolute Gasteiger partial charge is 0.481 e. The van der Waals surface area contributed by atoms with Crippen LogP contribution in [0.4, 0.5) is 0 Å². The number of alkyl halides is 1. The fraction of sp³-hybridized carbons (Fsp3) is 0.903. The van der Waals surface area contributed by atoms with Crippen molar-refractivity contribution < 1.29 is 9.90 Å². The molecule has 3 fully saturated rings. The molecule has 0 aromatic carbocycles. The van der Waals surface area contributed by atoms with Gasteiger partial charge < -0.3 is 5.11 Å². The van der Waals surface area contributed by atoms with Crippen molar-refractivity contribution in [1.82, 2.24) is 0 Å². The molecule has 0 radical (unpaired) electrons. The number of fused-ring (bicyclic) bond motifs is 5. The standard InChI is InChI=1S/C31H51ClO2/c1-20(2)7-6-8-21(3)26-11-12-27-25-10-9-23-19-22(24(15-18-32)29(33)34)13-16-30(23,4)28(25)14-17-31(26,27)5/h9,20-22,24-28H,6-8,10-19H2,1-5H3,(H,33,34)/t21-,22+,24?,25+,26-,27+,28+,30+,31-/m1/s1. The van der Waals surface area contributed by atoms with Crippen LogP contribution in [0.2, 0.25) is 0 Å². The molecule has 0 heterocycles. The maximum absolute atomic E-state index is 11.9. The molecule has 4 aliphatic rings. The van der Waals surface area contributed by atoms with Gasteiger partial charge in [0.05, 0.1) is 5.92 Å². The Balaban J connectivity index is 1.47. The third-order valence-corrected chi connectivity index (χ3v) is 11.9. The van der Waals surface area contributed by atoms with Crippen molar-refractivity contribution in [3.63, 3.8) is 0 Å². The van der Waals surface area contributed by atoms with Gasteiger partial charge in [0.1, 0.15) is 0 Å². The quantitative estimate of drug-likeness (QED) is 0.258. The molecular formula is C31H51ClO2. The van der Waals surface area contributed by atoms with E-state index in [0.717, 1.165) is 48.3 Å². The first-order valence-electron chi connectivity index (χ1n) is 14.6. The summed E-state index contributed by atoms with van der Waals surface area (Å²) in [6.07, 6.45) is 17.5. The Labute approximate surface area is 214 Å². The van der Waals surface area contributed by atoms with Gasteiger partial charge in [-0.1, -0.05) is 65.5 Å². The van der Waals surface area contributed by atoms with Gasteiger partial charge in [-0.05, 0) is 110 Å². The minimum Gasteiger partial charge on any atom is -0.481 e. The van der Waals surface area contributed by atoms with Gasteiger partial charge in [0.15, 0.2) is 0 Å². The van der Waals surface area contributed by atoms with Crippen LogP contribution in [0.3, 0.4) is 0 Å². The molecule has 4 rings (SSSR count). The number of carboxylic acid groups (broad SMARTS) is 1. The van der Waals surface area contributed by atoms with E-state index in [1.54, 1.807) is 5.57 Å². The lowest BCUT2D eigenvalue weighted by Crippen LogP contribution is -2.51. The first-order chi connectivity index (χ1) is 16.1. The minimum atomic E-state index is -0.642. The van der Waals surface area contributed by atoms with E-state index >= 15 is 0 Å². The van der Waals surface area contributed by atoms with Gasteiger partial charge in [-0.2, -0.15) is 0 Å². The van der Waals surface area contributed by atoms with Crippen molar-refractivity contribution in [2.75, 3.05) is 5.88 Å². The Morgan fingerprint density at radius 2 is 1.82 bits per heavy atom. The van der Waals surface area contributed by atoms with Crippen LogP contribution in [-0.2, 0) is 4.79 Å². The molecule has 0 amide bonds. The predicted octanol–water partition coefficient (Wildman–Crippen LogP) is 8.97. The molecule has 2 nitrogen and oxygen atoms in total. The molecule has 0 bridgehead atoms. The minimum absolute atomic E-state index is 0.267. The number of carbonyl (C=O) groups is 1. The highest BCUT2D eigenvalue weighted by Gasteiger charge is 2.59. The normalized spacial score (nSPS) is 41.3. The van der Waals surface area contributed by atoms with Gasteiger partial charge in [-0.15, -0.1) is 11.6 Å². The van der Waals surface area contributed by atoms with Crippen LogP contribution in [0.25, 0.3) is 0 Å². The first kappa shape index (κ1) is 26.6. The summed E-state index contributed by atoms with van der Waals surface area (Å²) in [4.78, 5) is 11.9. The molecule has 34 heavy (non-hydrogen) atoms. The number of carboxylic acids is 1. The van der Waals surface area contributed by atoms with Gasteiger partial charge in [0, 0.05) is 5.88 Å². The van der Waals surface area contributed by atoms with E-state index in [9.17, 15) is 9.90 Å². The summed E-state index contributed by atoms with van der Waals surface area (Å²) in [6.45, 7) is 12.5. The van der Waals surface area contributed by atoms with Crippen molar-refractivity contribution >= 4 is 17.6 Å². The molecule has 194 valence electrons. The van der Waals surface area contributed by atoms with E-state index in [4.69, 9.17) is 11.6 Å². The topological polar surface area (TPSA) is 37.3 Å². The van der Waals surface area contributed by atoms with E-state index < -0.39 is 5.97 Å². The van der Waals surface area contributed by atoms with Gasteiger partial charge in [-0.3, -0.25) is 4.79 Å². The molecule has 1 unspecified atom stereocenters. The molecule has 9 atom stereocenters. The maximum Gasteiger partial charge on any atom is 0.306 e. The fourth-order valence-electron chi connectivity index (χ4n) is 9.74. The van der Waals surface area contributed by atoms with E-state index in [-0.39, 0.29) is 11.8 Å². The third-order valence-electron chi connectivity index (χ3n) is 11.6. The van der Waals surface area contributed by atoms with Crippen LogP contribution in [0, 0.1) is 58.2 Å². The monoisotopic (exact) mass is 490 g/mol. The van der Waals surface area contributed by atoms with Crippen LogP contribution in [-0.4, -0.2) is 17.0 Å². The number of hydrogen-bond acceptors (Lipinski definition) is 1. The smallest absolute Gasteiger partial charge is 0.306 e. The Morgan fingerprint density at radius 1 is 1.06 bits per heavy atom. The van der Waals surface area contributed by atoms with Crippen molar-refractivity contribution in [1.29, 1.82) is 0 Å². The Morgan fingerprint density at radius 3 is 2.50 bits per heavy atom. The lowest BCUT2D eigenvalue weighted by molar-refractivity contribution is -0.144. The summed E-state index contributed by atoms with van der Waals surface area (Å²) in [5.74, 6) is 4.93. The zero-order chi connectivity index (χ0) is 24.7. The average molecular weight is 491 g/mol. The average Bonchev–Trinajstić information content (AvgIpc) is 3.14. The summed E-state index contributed by atoms with van der Waals surface area (Å²) >= 11 is 5.98. The van der Waals surface area contributed by atoms with E-state index in [2.05, 4.69) is 40.7 Å². The van der Waals surface area contributed by atoms with Crippen LogP contribution in [0.1, 0.15) is 112 Å². The summed E-state index contributed by atoms with van der Waals surface area (Å²) in [6, 6.07) is 0. The number of halogens is 1. The number of hydrogen-bond donors (Lipinski definition) is 1. The van der Waals surface area contributed by atoms with Crippen LogP contribution in [0.5, 0.6) is 0 Å². The molecule has 0 spiro atoms. The summed E-state index contributed by atoms with van der Waals surface area (Å²) in [7, 11) is 0. The molecular weight excluding hydrogens is 440 g/mol. The Hall–Kier alpha value is -0.500. The second kappa shape index (κ2) is 10.5. The van der Waals surface area contributed by atoms with Gasteiger partial charge in [-0.25, -0.2) is 0 Å². The molecule has 3 heteroatoms. The molecule has 0 aromatic heterocycles. The maximum atomic E-state index is 11.9. The van der Waals surface area contributed by atoms with Crippen LogP contribution in [0.15, 0.2) is 11.6 Å². The van der Waals surface area contributed by atoms with E-state index in [1.165, 1.54) is 57.8 Å². The second-order valence-electron chi connectivity index (χ2n) is 13.7. The second-order valence-corrected chi connectivity index (χ2v) is 14.1. The number of allylic oxidation sites excluding steroid dienone is 2. The van der Waals surface area contributed by atoms with Crippen molar-refractivity contribution in [3.05, 3.63) is 11.6 Å². The highest BCUT2D eigenvalue weighted by atomic mass is 35.5. The lowest BCUT2D eigenvalue weighted by atomic mass is 9.46. The SMILES string of the molecule is CC(C)CCC[C@@H](C)[C@H]1CC[C@H]2[C@@H]3CC=C4C[C@@H](C(CCCl)C(=O)O)CC[C@]4(C)[C@H]3CC[C@]12C. The fourth-order valence-corrected chi connectivity index (χ4v) is 9.97. The van der Waals surface area contributed by atoms with Gasteiger partial charge in [0.2, 0.25) is 0 Å². The number of aliphatic carboxylic acids is 1. The third kappa shape index (κ3) is 4.76. The molecule has 0 aliphatic heterocycles. The highest BCUT2D eigenvalue weighted by molar-refractivity contribution is 6.17. The number of rotatable bonds is 9. The van der Waals surface area contributed by atoms with Gasteiger partial charge >= 0.3 is 5.97 Å². The predicted molar refractivity (Wildman–Crippen MR) is 143 cm³/mol. The Kier molecular flexibility index (Phi) is 8.18. The molecule has 0 aromatic rings. The molecule has 0 saturated heterocycles. The van der Waals surface area contributed by atoms with Crippen LogP contribution >= 0.6 is 11.6 Å². The van der Waals surface area contributed by atoms with Crippen LogP contribution < -0.4 is 0 Å². The highest BCUT2D eigenvalue weighted by Crippen LogP contribution is 2.67. The van der Waals surface area contributed by atoms with Gasteiger partial charge in [0.25, 0.3) is 0 Å². The van der Waals surface area contributed by atoms with E-state index in [1.807, 2.05) is 0 Å². The summed E-state index contributed by atoms with van der Waals surface area (Å²) in [5, 5.41) is 9.81. The lowest BCUT2D eigenvalue weighted by Gasteiger charge is -2.59. The van der Waals surface area contributed by atoms with Crippen molar-refractivity contribution in [2.24, 2.45) is 58.2 Å². The van der Waals surface area contributed by atoms with Crippen molar-refractivity contribution in [3.8, 4) is 0 Å². The van der Waals surface area contributed by atoms with E-state index in [0.29, 0.717) is 23.1 Å². The molecule has 1 N–H and O–H groups in total. The zero-order valence-electron chi connectivity index (χ0n) is 22.6. The Bertz CT molecular complexity index is 759. The van der Waals surface area contributed by atoms with Crippen molar-refractivity contribution in [2.45, 2.75) is 112 Å². The molecule has 4 aliphatic carbocycles.